The number of hydrogen-bond acceptors (Lipinski definition) is 2. The molecule has 0 unspecified atom stereocenters. The summed E-state index contributed by atoms with van der Waals surface area (Å²) in [5, 5.41) is 5.16. The van der Waals surface area contributed by atoms with Crippen molar-refractivity contribution in [2.24, 2.45) is 5.73 Å². The molecule has 0 bridgehead atoms. The zero-order valence-electron chi connectivity index (χ0n) is 8.21. The van der Waals surface area contributed by atoms with Crippen LogP contribution in [0.25, 0.3) is 0 Å². The molecule has 0 aliphatic carbocycles. The minimum atomic E-state index is -0.212. The molecule has 0 aliphatic rings. The topological polar surface area (TPSA) is 67.2 Å². The standard InChI is InChI=1S/C10H15N3O/c1-12-10(14)13-9-4-2-8(3-5-9)6-7-11/h2-5H,6-7,11H2,1H3,(H2,12,13,14). The Morgan fingerprint density at radius 3 is 2.50 bits per heavy atom. The Morgan fingerprint density at radius 2 is 2.00 bits per heavy atom. The summed E-state index contributed by atoms with van der Waals surface area (Å²) in [5.74, 6) is 0. The largest absolute Gasteiger partial charge is 0.341 e. The molecule has 1 aromatic rings. The molecule has 76 valence electrons. The van der Waals surface area contributed by atoms with Crippen molar-refractivity contribution >= 4 is 11.7 Å². The summed E-state index contributed by atoms with van der Waals surface area (Å²) in [4.78, 5) is 10.9. The van der Waals surface area contributed by atoms with Gasteiger partial charge in [0.1, 0.15) is 0 Å². The number of nitrogens with one attached hydrogen (secondary N) is 2. The number of rotatable bonds is 3. The third kappa shape index (κ3) is 3.06. The predicted octanol–water partition coefficient (Wildman–Crippen LogP) is 0.939. The summed E-state index contributed by atoms with van der Waals surface area (Å²) >= 11 is 0. The lowest BCUT2D eigenvalue weighted by atomic mass is 10.1. The average Bonchev–Trinajstić information content (AvgIpc) is 2.21. The van der Waals surface area contributed by atoms with Gasteiger partial charge in [0.05, 0.1) is 0 Å². The highest BCUT2D eigenvalue weighted by atomic mass is 16.2. The number of hydrogen-bond donors (Lipinski definition) is 3. The fraction of sp³-hybridized carbons (Fsp3) is 0.300. The Labute approximate surface area is 83.5 Å². The van der Waals surface area contributed by atoms with Gasteiger partial charge in [-0.15, -0.1) is 0 Å². The summed E-state index contributed by atoms with van der Waals surface area (Å²) in [6.45, 7) is 0.641. The Bertz CT molecular complexity index is 295. The van der Waals surface area contributed by atoms with Crippen LogP contribution < -0.4 is 16.4 Å². The van der Waals surface area contributed by atoms with Crippen molar-refractivity contribution in [3.8, 4) is 0 Å². The van der Waals surface area contributed by atoms with E-state index in [4.69, 9.17) is 5.73 Å². The van der Waals surface area contributed by atoms with Crippen LogP contribution in [0.4, 0.5) is 10.5 Å². The van der Waals surface area contributed by atoms with Crippen molar-refractivity contribution < 1.29 is 4.79 Å². The third-order valence-electron chi connectivity index (χ3n) is 1.87. The van der Waals surface area contributed by atoms with E-state index in [0.29, 0.717) is 6.54 Å². The van der Waals surface area contributed by atoms with Gasteiger partial charge in [-0.1, -0.05) is 12.1 Å². The SMILES string of the molecule is CNC(=O)Nc1ccc(CCN)cc1. The number of amides is 2. The number of nitrogens with two attached hydrogens (primary N) is 1. The van der Waals surface area contributed by atoms with Gasteiger partial charge < -0.3 is 16.4 Å². The molecular weight excluding hydrogens is 178 g/mol. The minimum absolute atomic E-state index is 0.212. The molecule has 0 spiro atoms. The van der Waals surface area contributed by atoms with Gasteiger partial charge >= 0.3 is 6.03 Å². The zero-order chi connectivity index (χ0) is 10.4. The van der Waals surface area contributed by atoms with Crippen molar-refractivity contribution in [1.29, 1.82) is 0 Å². The number of benzene rings is 1. The Morgan fingerprint density at radius 1 is 1.36 bits per heavy atom. The predicted molar refractivity (Wildman–Crippen MR) is 57.3 cm³/mol. The van der Waals surface area contributed by atoms with E-state index in [9.17, 15) is 4.79 Å². The van der Waals surface area contributed by atoms with E-state index in [-0.39, 0.29) is 6.03 Å². The van der Waals surface area contributed by atoms with E-state index >= 15 is 0 Å². The normalized spacial score (nSPS) is 9.57. The first kappa shape index (κ1) is 10.5. The minimum Gasteiger partial charge on any atom is -0.341 e. The first-order valence-corrected chi connectivity index (χ1v) is 4.54. The molecule has 0 aromatic heterocycles. The van der Waals surface area contributed by atoms with Crippen molar-refractivity contribution in [3.63, 3.8) is 0 Å². The van der Waals surface area contributed by atoms with Crippen LogP contribution in [0, 0.1) is 0 Å². The zero-order valence-corrected chi connectivity index (χ0v) is 8.21. The number of anilines is 1. The van der Waals surface area contributed by atoms with Crippen LogP contribution >= 0.6 is 0 Å². The van der Waals surface area contributed by atoms with Gasteiger partial charge in [-0.05, 0) is 30.7 Å². The van der Waals surface area contributed by atoms with Crippen LogP contribution in [0.5, 0.6) is 0 Å². The van der Waals surface area contributed by atoms with Crippen LogP contribution in [0.3, 0.4) is 0 Å². The van der Waals surface area contributed by atoms with E-state index in [2.05, 4.69) is 10.6 Å². The van der Waals surface area contributed by atoms with Gasteiger partial charge in [0.2, 0.25) is 0 Å². The smallest absolute Gasteiger partial charge is 0.318 e. The molecule has 0 aliphatic heterocycles. The third-order valence-corrected chi connectivity index (χ3v) is 1.87. The van der Waals surface area contributed by atoms with Crippen LogP contribution in [0.1, 0.15) is 5.56 Å². The van der Waals surface area contributed by atoms with Gasteiger partial charge in [0, 0.05) is 12.7 Å². The summed E-state index contributed by atoms with van der Waals surface area (Å²) in [5.41, 5.74) is 7.38. The lowest BCUT2D eigenvalue weighted by Crippen LogP contribution is -2.24. The van der Waals surface area contributed by atoms with Gasteiger partial charge in [-0.2, -0.15) is 0 Å². The molecule has 1 rings (SSSR count). The average molecular weight is 193 g/mol. The van der Waals surface area contributed by atoms with Crippen molar-refractivity contribution in [1.82, 2.24) is 5.32 Å². The maximum atomic E-state index is 10.9. The molecule has 0 fully saturated rings. The molecule has 0 atom stereocenters. The molecule has 4 nitrogen and oxygen atoms in total. The van der Waals surface area contributed by atoms with E-state index in [1.54, 1.807) is 7.05 Å². The summed E-state index contributed by atoms with van der Waals surface area (Å²) in [7, 11) is 1.58. The first-order chi connectivity index (χ1) is 6.76. The highest BCUT2D eigenvalue weighted by molar-refractivity contribution is 5.88. The fourth-order valence-electron chi connectivity index (χ4n) is 1.12. The second kappa shape index (κ2) is 5.24. The van der Waals surface area contributed by atoms with Crippen LogP contribution in [-0.4, -0.2) is 19.6 Å². The van der Waals surface area contributed by atoms with E-state index in [1.165, 1.54) is 5.56 Å². The number of urea groups is 1. The molecule has 0 heterocycles. The molecule has 4 heteroatoms. The van der Waals surface area contributed by atoms with Gasteiger partial charge in [0.25, 0.3) is 0 Å². The molecule has 0 saturated heterocycles. The monoisotopic (exact) mass is 193 g/mol. The van der Waals surface area contributed by atoms with Crippen molar-refractivity contribution in [3.05, 3.63) is 29.8 Å². The lowest BCUT2D eigenvalue weighted by molar-refractivity contribution is 0.254. The van der Waals surface area contributed by atoms with E-state index in [0.717, 1.165) is 12.1 Å². The van der Waals surface area contributed by atoms with Crippen molar-refractivity contribution in [2.75, 3.05) is 18.9 Å². The van der Waals surface area contributed by atoms with E-state index < -0.39 is 0 Å². The molecule has 0 saturated carbocycles. The molecule has 4 N–H and O–H groups in total. The first-order valence-electron chi connectivity index (χ1n) is 4.54. The van der Waals surface area contributed by atoms with Crippen LogP contribution in [-0.2, 0) is 6.42 Å². The maximum Gasteiger partial charge on any atom is 0.318 e. The van der Waals surface area contributed by atoms with Crippen molar-refractivity contribution in [2.45, 2.75) is 6.42 Å². The summed E-state index contributed by atoms with van der Waals surface area (Å²) in [6, 6.07) is 7.42. The Balaban J connectivity index is 2.59. The lowest BCUT2D eigenvalue weighted by Gasteiger charge is -2.04. The number of carbonyl (C=O) groups excluding carboxylic acids is 1. The summed E-state index contributed by atoms with van der Waals surface area (Å²) in [6.07, 6.45) is 0.861. The van der Waals surface area contributed by atoms with E-state index in [1.807, 2.05) is 24.3 Å². The summed E-state index contributed by atoms with van der Waals surface area (Å²) < 4.78 is 0. The molecule has 14 heavy (non-hydrogen) atoms. The van der Waals surface area contributed by atoms with Crippen LogP contribution in [0.2, 0.25) is 0 Å². The second-order valence-electron chi connectivity index (χ2n) is 2.94. The molecular formula is C10H15N3O. The Kier molecular flexibility index (Phi) is 3.94. The Hall–Kier alpha value is -1.55. The molecule has 1 aromatic carbocycles. The highest BCUT2D eigenvalue weighted by Gasteiger charge is 1.97. The quantitative estimate of drug-likeness (QED) is 0.668. The highest BCUT2D eigenvalue weighted by Crippen LogP contribution is 2.09. The maximum absolute atomic E-state index is 10.9. The van der Waals surface area contributed by atoms with Gasteiger partial charge in [-0.3, -0.25) is 0 Å². The van der Waals surface area contributed by atoms with Gasteiger partial charge in [-0.25, -0.2) is 4.79 Å². The molecule has 0 radical (unpaired) electrons. The van der Waals surface area contributed by atoms with Crippen LogP contribution in [0.15, 0.2) is 24.3 Å². The molecule has 2 amide bonds. The van der Waals surface area contributed by atoms with Gasteiger partial charge in [0.15, 0.2) is 0 Å². The second-order valence-corrected chi connectivity index (χ2v) is 2.94. The number of carbonyl (C=O) groups is 1. The fourth-order valence-corrected chi connectivity index (χ4v) is 1.12.